The first-order chi connectivity index (χ1) is 8.63. The molecule has 0 saturated carbocycles. The molecule has 98 valence electrons. The Hall–Kier alpha value is -2.11. The quantitative estimate of drug-likeness (QED) is 0.565. The molecule has 0 amide bonds. The van der Waals surface area contributed by atoms with Crippen LogP contribution >= 0.6 is 0 Å². The molecule has 1 aromatic rings. The van der Waals surface area contributed by atoms with Gasteiger partial charge in [0.25, 0.3) is 0 Å². The Labute approximate surface area is 105 Å². The van der Waals surface area contributed by atoms with E-state index >= 15 is 0 Å². The number of esters is 1. The third kappa shape index (κ3) is 4.82. The second-order valence-electron chi connectivity index (χ2n) is 3.70. The van der Waals surface area contributed by atoms with Crippen molar-refractivity contribution < 1.29 is 19.4 Å². The van der Waals surface area contributed by atoms with Crippen LogP contribution in [0.5, 0.6) is 0 Å². The highest BCUT2D eigenvalue weighted by Gasteiger charge is 2.06. The number of aromatic nitrogens is 1. The first-order valence-corrected chi connectivity index (χ1v) is 5.63. The molecule has 0 aromatic carbocycles. The monoisotopic (exact) mass is 252 g/mol. The predicted molar refractivity (Wildman–Crippen MR) is 65.6 cm³/mol. The van der Waals surface area contributed by atoms with Crippen LogP contribution in [-0.2, 0) is 9.53 Å². The van der Waals surface area contributed by atoms with Gasteiger partial charge in [0.05, 0.1) is 7.11 Å². The summed E-state index contributed by atoms with van der Waals surface area (Å²) >= 11 is 0. The van der Waals surface area contributed by atoms with Crippen molar-refractivity contribution in [2.24, 2.45) is 0 Å². The van der Waals surface area contributed by atoms with E-state index in [0.717, 1.165) is 12.1 Å². The van der Waals surface area contributed by atoms with Crippen LogP contribution in [0.3, 0.4) is 0 Å². The summed E-state index contributed by atoms with van der Waals surface area (Å²) in [6, 6.07) is 3.34. The van der Waals surface area contributed by atoms with Crippen LogP contribution in [-0.4, -0.2) is 35.7 Å². The largest absolute Gasteiger partial charge is 0.481 e. The van der Waals surface area contributed by atoms with E-state index in [9.17, 15) is 9.59 Å². The van der Waals surface area contributed by atoms with Crippen LogP contribution in [0.4, 0.5) is 5.69 Å². The highest BCUT2D eigenvalue weighted by molar-refractivity contribution is 5.88. The molecular formula is C12H16N2O4. The molecule has 1 aromatic heterocycles. The van der Waals surface area contributed by atoms with Gasteiger partial charge in [-0.25, -0.2) is 9.78 Å². The van der Waals surface area contributed by atoms with Gasteiger partial charge in [-0.15, -0.1) is 0 Å². The zero-order valence-electron chi connectivity index (χ0n) is 10.2. The van der Waals surface area contributed by atoms with Crippen molar-refractivity contribution in [1.82, 2.24) is 4.98 Å². The summed E-state index contributed by atoms with van der Waals surface area (Å²) in [5, 5.41) is 11.6. The molecule has 0 unspecified atom stereocenters. The van der Waals surface area contributed by atoms with E-state index in [0.29, 0.717) is 13.0 Å². The lowest BCUT2D eigenvalue weighted by Crippen LogP contribution is -2.07. The molecule has 1 heterocycles. The van der Waals surface area contributed by atoms with E-state index in [-0.39, 0.29) is 12.1 Å². The molecule has 6 nitrogen and oxygen atoms in total. The van der Waals surface area contributed by atoms with Crippen molar-refractivity contribution in [3.05, 3.63) is 24.0 Å². The van der Waals surface area contributed by atoms with Crippen LogP contribution in [0.2, 0.25) is 0 Å². The van der Waals surface area contributed by atoms with Crippen LogP contribution in [0.15, 0.2) is 18.3 Å². The Morgan fingerprint density at radius 2 is 2.22 bits per heavy atom. The fraction of sp³-hybridized carbons (Fsp3) is 0.417. The summed E-state index contributed by atoms with van der Waals surface area (Å²) in [6.45, 7) is 0.651. The zero-order valence-corrected chi connectivity index (χ0v) is 10.2. The number of methoxy groups -OCH3 is 1. The number of hydrogen-bond acceptors (Lipinski definition) is 5. The van der Waals surface area contributed by atoms with Gasteiger partial charge in [0.2, 0.25) is 0 Å². The summed E-state index contributed by atoms with van der Waals surface area (Å²) in [6.07, 6.45) is 3.07. The number of hydrogen-bond donors (Lipinski definition) is 2. The fourth-order valence-electron chi connectivity index (χ4n) is 1.39. The number of ether oxygens (including phenoxy) is 1. The first kappa shape index (κ1) is 14.0. The molecule has 6 heteroatoms. The van der Waals surface area contributed by atoms with Crippen molar-refractivity contribution in [2.45, 2.75) is 19.3 Å². The van der Waals surface area contributed by atoms with E-state index in [1.54, 1.807) is 12.1 Å². The summed E-state index contributed by atoms with van der Waals surface area (Å²) < 4.78 is 4.57. The van der Waals surface area contributed by atoms with Gasteiger partial charge in [-0.3, -0.25) is 4.79 Å². The number of unbranched alkanes of at least 4 members (excludes halogenated alkanes) is 1. The maximum absolute atomic E-state index is 11.2. The third-order valence-electron chi connectivity index (χ3n) is 2.30. The Kier molecular flexibility index (Phi) is 5.63. The lowest BCUT2D eigenvalue weighted by molar-refractivity contribution is -0.137. The van der Waals surface area contributed by atoms with Gasteiger partial charge in [0, 0.05) is 24.8 Å². The lowest BCUT2D eigenvalue weighted by atomic mass is 10.2. The third-order valence-corrected chi connectivity index (χ3v) is 2.30. The normalized spacial score (nSPS) is 9.83. The smallest absolute Gasteiger partial charge is 0.356 e. The number of rotatable bonds is 7. The molecule has 0 spiro atoms. The molecule has 18 heavy (non-hydrogen) atoms. The predicted octanol–water partition coefficient (Wildman–Crippen LogP) is 1.53. The van der Waals surface area contributed by atoms with Gasteiger partial charge in [-0.1, -0.05) is 0 Å². The summed E-state index contributed by atoms with van der Waals surface area (Å²) in [4.78, 5) is 25.4. The van der Waals surface area contributed by atoms with Gasteiger partial charge in [0.1, 0.15) is 5.69 Å². The van der Waals surface area contributed by atoms with Crippen LogP contribution in [0, 0.1) is 0 Å². The van der Waals surface area contributed by atoms with E-state index in [2.05, 4.69) is 15.0 Å². The Morgan fingerprint density at radius 3 is 2.89 bits per heavy atom. The first-order valence-electron chi connectivity index (χ1n) is 5.63. The number of nitrogens with zero attached hydrogens (tertiary/aromatic N) is 1. The molecule has 1 rings (SSSR count). The second-order valence-corrected chi connectivity index (χ2v) is 3.70. The summed E-state index contributed by atoms with van der Waals surface area (Å²) in [5.41, 5.74) is 1.01. The Bertz CT molecular complexity index is 420. The van der Waals surface area contributed by atoms with E-state index in [4.69, 9.17) is 5.11 Å². The molecule has 0 aliphatic rings. The standard InChI is InChI=1S/C12H16N2O4/c1-18-12(17)10-8-9(5-7-14-10)13-6-3-2-4-11(15)16/h5,7-8H,2-4,6H2,1H3,(H,13,14)(H,15,16). The number of carboxylic acid groups (broad SMARTS) is 1. The van der Waals surface area contributed by atoms with Crippen molar-refractivity contribution in [1.29, 1.82) is 0 Å². The van der Waals surface area contributed by atoms with E-state index in [1.807, 2.05) is 0 Å². The molecule has 0 aliphatic carbocycles. The number of pyridine rings is 1. The van der Waals surface area contributed by atoms with Crippen LogP contribution < -0.4 is 5.32 Å². The number of carbonyl (C=O) groups is 2. The maximum atomic E-state index is 11.2. The molecule has 2 N–H and O–H groups in total. The second kappa shape index (κ2) is 7.26. The summed E-state index contributed by atoms with van der Waals surface area (Å²) in [5.74, 6) is -1.27. The number of nitrogens with one attached hydrogen (secondary N) is 1. The molecule has 0 fully saturated rings. The molecule has 0 atom stereocenters. The topological polar surface area (TPSA) is 88.5 Å². The number of carbonyl (C=O) groups excluding carboxylic acids is 1. The van der Waals surface area contributed by atoms with Crippen molar-refractivity contribution in [3.63, 3.8) is 0 Å². The van der Waals surface area contributed by atoms with E-state index in [1.165, 1.54) is 13.3 Å². The SMILES string of the molecule is COC(=O)c1cc(NCCCCC(=O)O)ccn1. The van der Waals surface area contributed by atoms with Crippen LogP contribution in [0.25, 0.3) is 0 Å². The van der Waals surface area contributed by atoms with Gasteiger partial charge >= 0.3 is 11.9 Å². The highest BCUT2D eigenvalue weighted by atomic mass is 16.5. The van der Waals surface area contributed by atoms with Gasteiger partial charge in [-0.05, 0) is 25.0 Å². The molecule has 0 saturated heterocycles. The average molecular weight is 252 g/mol. The van der Waals surface area contributed by atoms with Crippen molar-refractivity contribution in [3.8, 4) is 0 Å². The fourth-order valence-corrected chi connectivity index (χ4v) is 1.39. The number of carboxylic acids is 1. The molecule has 0 radical (unpaired) electrons. The van der Waals surface area contributed by atoms with Gasteiger partial charge < -0.3 is 15.2 Å². The molecular weight excluding hydrogens is 236 g/mol. The van der Waals surface area contributed by atoms with Gasteiger partial charge in [-0.2, -0.15) is 0 Å². The lowest BCUT2D eigenvalue weighted by Gasteiger charge is -2.06. The van der Waals surface area contributed by atoms with E-state index < -0.39 is 11.9 Å². The minimum atomic E-state index is -0.785. The van der Waals surface area contributed by atoms with Crippen LogP contribution in [0.1, 0.15) is 29.8 Å². The van der Waals surface area contributed by atoms with Crippen molar-refractivity contribution in [2.75, 3.05) is 19.0 Å². The van der Waals surface area contributed by atoms with Crippen molar-refractivity contribution >= 4 is 17.6 Å². The zero-order chi connectivity index (χ0) is 13.4. The number of aliphatic carboxylic acids is 1. The highest BCUT2D eigenvalue weighted by Crippen LogP contribution is 2.09. The Morgan fingerprint density at radius 1 is 1.44 bits per heavy atom. The minimum Gasteiger partial charge on any atom is -0.481 e. The number of anilines is 1. The maximum Gasteiger partial charge on any atom is 0.356 e. The minimum absolute atomic E-state index is 0.172. The molecule has 0 bridgehead atoms. The molecule has 0 aliphatic heterocycles. The Balaban J connectivity index is 2.38. The summed E-state index contributed by atoms with van der Waals surface area (Å²) in [7, 11) is 1.30. The average Bonchev–Trinajstić information content (AvgIpc) is 2.37. The van der Waals surface area contributed by atoms with Gasteiger partial charge in [0.15, 0.2) is 0 Å².